The monoisotopic (exact) mass is 255 g/mol. The van der Waals surface area contributed by atoms with Crippen LogP contribution < -0.4 is 10.2 Å². The molecule has 14 heavy (non-hydrogen) atoms. The van der Waals surface area contributed by atoms with E-state index in [1.54, 1.807) is 0 Å². The second kappa shape index (κ2) is 4.28. The molecule has 0 aliphatic carbocycles. The molecule has 0 unspecified atom stereocenters. The van der Waals surface area contributed by atoms with Crippen LogP contribution in [0.15, 0.2) is 22.8 Å². The zero-order valence-corrected chi connectivity index (χ0v) is 9.79. The van der Waals surface area contributed by atoms with Crippen molar-refractivity contribution < 1.29 is 0 Å². The molecule has 4 heteroatoms. The highest BCUT2D eigenvalue weighted by atomic mass is 79.9. The second-order valence-electron chi connectivity index (χ2n) is 3.58. The Morgan fingerprint density at radius 2 is 2.43 bits per heavy atom. The standard InChI is InChI=1S/C10H14BrN3/c1-14(8-5-6-12-7-8)10-4-2-3-9(11)13-10/h2-4,8,12H,5-7H2,1H3/t8-/m0/s1. The van der Waals surface area contributed by atoms with Gasteiger partial charge in [-0.25, -0.2) is 4.98 Å². The molecule has 0 bridgehead atoms. The predicted molar refractivity (Wildman–Crippen MR) is 61.6 cm³/mol. The maximum Gasteiger partial charge on any atom is 0.129 e. The lowest BCUT2D eigenvalue weighted by Gasteiger charge is -2.24. The Hall–Kier alpha value is -0.610. The van der Waals surface area contributed by atoms with Crippen molar-refractivity contribution in [1.82, 2.24) is 10.3 Å². The van der Waals surface area contributed by atoms with Gasteiger partial charge in [0.25, 0.3) is 0 Å². The minimum absolute atomic E-state index is 0.580. The van der Waals surface area contributed by atoms with Gasteiger partial charge in [-0.15, -0.1) is 0 Å². The van der Waals surface area contributed by atoms with Crippen LogP contribution in [-0.2, 0) is 0 Å². The van der Waals surface area contributed by atoms with E-state index in [1.165, 1.54) is 6.42 Å². The molecule has 1 fully saturated rings. The fourth-order valence-corrected chi connectivity index (χ4v) is 2.09. The Bertz CT molecular complexity index is 310. The molecular weight excluding hydrogens is 242 g/mol. The summed E-state index contributed by atoms with van der Waals surface area (Å²) in [6.45, 7) is 2.17. The normalized spacial score (nSPS) is 21.1. The van der Waals surface area contributed by atoms with Gasteiger partial charge in [0, 0.05) is 19.6 Å². The number of nitrogens with zero attached hydrogens (tertiary/aromatic N) is 2. The highest BCUT2D eigenvalue weighted by molar-refractivity contribution is 9.10. The van der Waals surface area contributed by atoms with Gasteiger partial charge in [0.05, 0.1) is 0 Å². The summed E-state index contributed by atoms with van der Waals surface area (Å²) < 4.78 is 0.896. The van der Waals surface area contributed by atoms with Crippen molar-refractivity contribution >= 4 is 21.7 Å². The van der Waals surface area contributed by atoms with Crippen LogP contribution in [-0.4, -0.2) is 31.2 Å². The topological polar surface area (TPSA) is 28.2 Å². The van der Waals surface area contributed by atoms with Gasteiger partial charge in [0.15, 0.2) is 0 Å². The van der Waals surface area contributed by atoms with Crippen LogP contribution in [0.5, 0.6) is 0 Å². The predicted octanol–water partition coefficient (Wildman–Crippen LogP) is 1.64. The van der Waals surface area contributed by atoms with Crippen LogP contribution in [0.25, 0.3) is 0 Å². The minimum Gasteiger partial charge on any atom is -0.355 e. The Labute approximate surface area is 92.6 Å². The van der Waals surface area contributed by atoms with Crippen LogP contribution >= 0.6 is 15.9 Å². The lowest BCUT2D eigenvalue weighted by molar-refractivity contribution is 0.677. The summed E-state index contributed by atoms with van der Waals surface area (Å²) in [7, 11) is 2.10. The highest BCUT2D eigenvalue weighted by Crippen LogP contribution is 2.18. The Morgan fingerprint density at radius 1 is 1.57 bits per heavy atom. The molecule has 1 aromatic rings. The van der Waals surface area contributed by atoms with Crippen molar-refractivity contribution in [2.24, 2.45) is 0 Å². The van der Waals surface area contributed by atoms with Crippen molar-refractivity contribution in [2.45, 2.75) is 12.5 Å². The first-order chi connectivity index (χ1) is 6.77. The molecule has 1 aliphatic heterocycles. The van der Waals surface area contributed by atoms with Crippen LogP contribution in [0.4, 0.5) is 5.82 Å². The van der Waals surface area contributed by atoms with Crippen LogP contribution in [0.3, 0.4) is 0 Å². The molecule has 2 heterocycles. The average molecular weight is 256 g/mol. The number of pyridine rings is 1. The number of nitrogens with one attached hydrogen (secondary N) is 1. The molecule has 0 spiro atoms. The van der Waals surface area contributed by atoms with Gasteiger partial charge in [-0.1, -0.05) is 6.07 Å². The van der Waals surface area contributed by atoms with Crippen LogP contribution in [0.1, 0.15) is 6.42 Å². The first-order valence-corrected chi connectivity index (χ1v) is 5.63. The maximum absolute atomic E-state index is 4.43. The number of likely N-dealkylation sites (N-methyl/N-ethyl adjacent to an activating group) is 1. The van der Waals surface area contributed by atoms with Gasteiger partial charge in [-0.05, 0) is 41.0 Å². The third kappa shape index (κ3) is 2.07. The number of hydrogen-bond donors (Lipinski definition) is 1. The summed E-state index contributed by atoms with van der Waals surface area (Å²) in [5, 5.41) is 3.36. The van der Waals surface area contributed by atoms with Gasteiger partial charge in [-0.3, -0.25) is 0 Å². The lowest BCUT2D eigenvalue weighted by Crippen LogP contribution is -2.33. The van der Waals surface area contributed by atoms with Gasteiger partial charge >= 0.3 is 0 Å². The average Bonchev–Trinajstić information content (AvgIpc) is 2.69. The number of halogens is 1. The SMILES string of the molecule is CN(c1cccc(Br)n1)[C@H]1CCNC1. The minimum atomic E-state index is 0.580. The van der Waals surface area contributed by atoms with Crippen molar-refractivity contribution in [3.05, 3.63) is 22.8 Å². The van der Waals surface area contributed by atoms with Crippen LogP contribution in [0.2, 0.25) is 0 Å². The summed E-state index contributed by atoms with van der Waals surface area (Å²) in [6.07, 6.45) is 1.20. The third-order valence-electron chi connectivity index (χ3n) is 2.64. The fourth-order valence-electron chi connectivity index (χ4n) is 1.75. The van der Waals surface area contributed by atoms with Gasteiger partial charge in [0.2, 0.25) is 0 Å². The molecule has 1 aromatic heterocycles. The van der Waals surface area contributed by atoms with Crippen LogP contribution in [0, 0.1) is 0 Å². The van der Waals surface area contributed by atoms with Crippen molar-refractivity contribution in [3.8, 4) is 0 Å². The van der Waals surface area contributed by atoms with E-state index in [2.05, 4.69) is 38.2 Å². The van der Waals surface area contributed by atoms with E-state index < -0.39 is 0 Å². The van der Waals surface area contributed by atoms with E-state index >= 15 is 0 Å². The number of hydrogen-bond acceptors (Lipinski definition) is 3. The van der Waals surface area contributed by atoms with E-state index in [9.17, 15) is 0 Å². The van der Waals surface area contributed by atoms with E-state index in [0.29, 0.717) is 6.04 Å². The number of rotatable bonds is 2. The summed E-state index contributed by atoms with van der Waals surface area (Å²) in [6, 6.07) is 6.59. The molecule has 0 aromatic carbocycles. The molecule has 1 N–H and O–H groups in total. The molecular formula is C10H14BrN3. The summed E-state index contributed by atoms with van der Waals surface area (Å²) >= 11 is 3.39. The van der Waals surface area contributed by atoms with Gasteiger partial charge in [-0.2, -0.15) is 0 Å². The lowest BCUT2D eigenvalue weighted by atomic mass is 10.2. The van der Waals surface area contributed by atoms with E-state index in [4.69, 9.17) is 0 Å². The number of anilines is 1. The van der Waals surface area contributed by atoms with Gasteiger partial charge < -0.3 is 10.2 Å². The maximum atomic E-state index is 4.43. The van der Waals surface area contributed by atoms with Gasteiger partial charge in [0.1, 0.15) is 10.4 Å². The molecule has 1 atom stereocenters. The summed E-state index contributed by atoms with van der Waals surface area (Å²) in [5.74, 6) is 1.04. The largest absolute Gasteiger partial charge is 0.355 e. The molecule has 76 valence electrons. The highest BCUT2D eigenvalue weighted by Gasteiger charge is 2.19. The Balaban J connectivity index is 2.13. The molecule has 0 radical (unpaired) electrons. The van der Waals surface area contributed by atoms with E-state index in [0.717, 1.165) is 23.5 Å². The summed E-state index contributed by atoms with van der Waals surface area (Å²) in [5.41, 5.74) is 0. The molecule has 0 saturated carbocycles. The molecule has 3 nitrogen and oxygen atoms in total. The van der Waals surface area contributed by atoms with Crippen molar-refractivity contribution in [1.29, 1.82) is 0 Å². The Morgan fingerprint density at radius 3 is 3.07 bits per heavy atom. The third-order valence-corrected chi connectivity index (χ3v) is 3.09. The molecule has 1 saturated heterocycles. The van der Waals surface area contributed by atoms with E-state index in [1.807, 2.05) is 18.2 Å². The second-order valence-corrected chi connectivity index (χ2v) is 4.39. The quantitative estimate of drug-likeness (QED) is 0.815. The molecule has 2 rings (SSSR count). The molecule has 0 amide bonds. The van der Waals surface area contributed by atoms with Crippen molar-refractivity contribution in [2.75, 3.05) is 25.0 Å². The number of aromatic nitrogens is 1. The zero-order chi connectivity index (χ0) is 9.97. The molecule has 1 aliphatic rings. The fraction of sp³-hybridized carbons (Fsp3) is 0.500. The first-order valence-electron chi connectivity index (χ1n) is 4.83. The summed E-state index contributed by atoms with van der Waals surface area (Å²) in [4.78, 5) is 6.67. The first kappa shape index (κ1) is 9.93. The van der Waals surface area contributed by atoms with E-state index in [-0.39, 0.29) is 0 Å². The smallest absolute Gasteiger partial charge is 0.129 e. The zero-order valence-electron chi connectivity index (χ0n) is 8.20. The Kier molecular flexibility index (Phi) is 3.03. The van der Waals surface area contributed by atoms with Crippen molar-refractivity contribution in [3.63, 3.8) is 0 Å².